The molecule has 1 saturated heterocycles. The Labute approximate surface area is 162 Å². The molecule has 1 aromatic heterocycles. The van der Waals surface area contributed by atoms with Crippen LogP contribution in [-0.4, -0.2) is 54.9 Å². The van der Waals surface area contributed by atoms with Gasteiger partial charge in [-0.15, -0.1) is 11.3 Å². The number of thiophene rings is 1. The number of ether oxygens (including phenoxy) is 1. The third-order valence-electron chi connectivity index (χ3n) is 4.49. The lowest BCUT2D eigenvalue weighted by molar-refractivity contribution is -0.132. The number of aryl methyl sites for hydroxylation is 1. The number of rotatable bonds is 5. The van der Waals surface area contributed by atoms with Crippen molar-refractivity contribution in [3.63, 3.8) is 0 Å². The van der Waals surface area contributed by atoms with E-state index in [4.69, 9.17) is 16.3 Å². The van der Waals surface area contributed by atoms with Crippen molar-refractivity contribution in [2.45, 2.75) is 12.8 Å². The standard InChI is InChI=1S/C19H21ClN2O3S/c1-25-15-5-2-14(3-6-15)4-9-18(23)21-10-12-22(13-11-21)19(24)16-7-8-17(20)26-16/h2-3,5-8H,4,9-13H2,1H3. The second-order valence-corrected chi connectivity index (χ2v) is 7.84. The highest BCUT2D eigenvalue weighted by molar-refractivity contribution is 7.17. The number of carbonyl (C=O) groups is 2. The molecule has 0 saturated carbocycles. The van der Waals surface area contributed by atoms with Crippen LogP contribution in [0.15, 0.2) is 36.4 Å². The molecule has 2 aromatic rings. The summed E-state index contributed by atoms with van der Waals surface area (Å²) >= 11 is 7.19. The molecule has 1 aliphatic heterocycles. The molecule has 3 rings (SSSR count). The van der Waals surface area contributed by atoms with Gasteiger partial charge in [-0.05, 0) is 36.2 Å². The van der Waals surface area contributed by atoms with Gasteiger partial charge in [0.2, 0.25) is 5.91 Å². The first kappa shape index (κ1) is 18.7. The van der Waals surface area contributed by atoms with Crippen molar-refractivity contribution in [3.05, 3.63) is 51.2 Å². The molecule has 2 heterocycles. The summed E-state index contributed by atoms with van der Waals surface area (Å²) in [4.78, 5) is 29.1. The zero-order chi connectivity index (χ0) is 18.5. The Bertz CT molecular complexity index is 767. The molecule has 1 aliphatic rings. The summed E-state index contributed by atoms with van der Waals surface area (Å²) in [5.41, 5.74) is 1.11. The highest BCUT2D eigenvalue weighted by atomic mass is 35.5. The van der Waals surface area contributed by atoms with Gasteiger partial charge >= 0.3 is 0 Å². The van der Waals surface area contributed by atoms with Gasteiger partial charge in [-0.2, -0.15) is 0 Å². The third kappa shape index (κ3) is 4.56. The van der Waals surface area contributed by atoms with Crippen LogP contribution in [0.5, 0.6) is 5.75 Å². The van der Waals surface area contributed by atoms with E-state index >= 15 is 0 Å². The predicted octanol–water partition coefficient (Wildman–Crippen LogP) is 3.33. The minimum atomic E-state index is -0.00719. The van der Waals surface area contributed by atoms with E-state index in [9.17, 15) is 9.59 Å². The van der Waals surface area contributed by atoms with Crippen LogP contribution in [0.4, 0.5) is 0 Å². The fourth-order valence-corrected chi connectivity index (χ4v) is 3.96. The molecule has 0 radical (unpaired) electrons. The van der Waals surface area contributed by atoms with Crippen molar-refractivity contribution in [2.24, 2.45) is 0 Å². The van der Waals surface area contributed by atoms with E-state index in [0.29, 0.717) is 48.2 Å². The van der Waals surface area contributed by atoms with Crippen LogP contribution in [-0.2, 0) is 11.2 Å². The second-order valence-electron chi connectivity index (χ2n) is 6.12. The van der Waals surface area contributed by atoms with E-state index < -0.39 is 0 Å². The molecular formula is C19H21ClN2O3S. The van der Waals surface area contributed by atoms with E-state index in [1.807, 2.05) is 29.2 Å². The van der Waals surface area contributed by atoms with Gasteiger partial charge < -0.3 is 14.5 Å². The smallest absolute Gasteiger partial charge is 0.264 e. The van der Waals surface area contributed by atoms with Gasteiger partial charge in [0.1, 0.15) is 5.75 Å². The molecule has 2 amide bonds. The molecule has 138 valence electrons. The maximum atomic E-state index is 12.4. The van der Waals surface area contributed by atoms with Crippen molar-refractivity contribution in [1.82, 2.24) is 9.80 Å². The lowest BCUT2D eigenvalue weighted by Crippen LogP contribution is -2.50. The molecule has 0 bridgehead atoms. The third-order valence-corrected chi connectivity index (χ3v) is 5.71. The first-order chi connectivity index (χ1) is 12.6. The lowest BCUT2D eigenvalue weighted by atomic mass is 10.1. The summed E-state index contributed by atoms with van der Waals surface area (Å²) in [7, 11) is 1.63. The summed E-state index contributed by atoms with van der Waals surface area (Å²) in [5, 5.41) is 0. The number of nitrogens with zero attached hydrogens (tertiary/aromatic N) is 2. The van der Waals surface area contributed by atoms with Crippen LogP contribution in [0.2, 0.25) is 4.34 Å². The highest BCUT2D eigenvalue weighted by Crippen LogP contribution is 2.23. The van der Waals surface area contributed by atoms with E-state index in [1.165, 1.54) is 11.3 Å². The summed E-state index contributed by atoms with van der Waals surface area (Å²) in [6.07, 6.45) is 1.18. The number of carbonyl (C=O) groups excluding carboxylic acids is 2. The fraction of sp³-hybridized carbons (Fsp3) is 0.368. The van der Waals surface area contributed by atoms with Crippen LogP contribution in [0, 0.1) is 0 Å². The normalized spacial score (nSPS) is 14.4. The first-order valence-electron chi connectivity index (χ1n) is 8.52. The van der Waals surface area contributed by atoms with Gasteiger partial charge in [-0.3, -0.25) is 9.59 Å². The van der Waals surface area contributed by atoms with Crippen molar-refractivity contribution in [1.29, 1.82) is 0 Å². The number of benzene rings is 1. The molecule has 0 atom stereocenters. The maximum absolute atomic E-state index is 12.4. The monoisotopic (exact) mass is 392 g/mol. The molecule has 5 nitrogen and oxygen atoms in total. The zero-order valence-corrected chi connectivity index (χ0v) is 16.2. The summed E-state index contributed by atoms with van der Waals surface area (Å²) in [5.74, 6) is 0.937. The minimum absolute atomic E-state index is 0.00719. The summed E-state index contributed by atoms with van der Waals surface area (Å²) in [6.45, 7) is 2.27. The molecule has 1 fully saturated rings. The lowest BCUT2D eigenvalue weighted by Gasteiger charge is -2.34. The number of amides is 2. The van der Waals surface area contributed by atoms with Gasteiger partial charge in [0.25, 0.3) is 5.91 Å². The van der Waals surface area contributed by atoms with Gasteiger partial charge in [-0.1, -0.05) is 23.7 Å². The predicted molar refractivity (Wildman–Crippen MR) is 103 cm³/mol. The Morgan fingerprint density at radius 3 is 2.27 bits per heavy atom. The molecular weight excluding hydrogens is 372 g/mol. The maximum Gasteiger partial charge on any atom is 0.264 e. The number of piperazine rings is 1. The fourth-order valence-electron chi connectivity index (χ4n) is 2.95. The van der Waals surface area contributed by atoms with Gasteiger partial charge in [0.05, 0.1) is 16.3 Å². The number of hydrogen-bond donors (Lipinski definition) is 0. The van der Waals surface area contributed by atoms with Crippen LogP contribution in [0.1, 0.15) is 21.7 Å². The van der Waals surface area contributed by atoms with E-state index in [-0.39, 0.29) is 11.8 Å². The van der Waals surface area contributed by atoms with E-state index in [2.05, 4.69) is 0 Å². The van der Waals surface area contributed by atoms with Crippen molar-refractivity contribution < 1.29 is 14.3 Å². The quantitative estimate of drug-likeness (QED) is 0.784. The summed E-state index contributed by atoms with van der Waals surface area (Å²) in [6, 6.07) is 11.3. The zero-order valence-electron chi connectivity index (χ0n) is 14.6. The van der Waals surface area contributed by atoms with Crippen molar-refractivity contribution >= 4 is 34.8 Å². The highest BCUT2D eigenvalue weighted by Gasteiger charge is 2.25. The van der Waals surface area contributed by atoms with Crippen molar-refractivity contribution in [3.8, 4) is 5.75 Å². The van der Waals surface area contributed by atoms with E-state index in [1.54, 1.807) is 24.1 Å². The van der Waals surface area contributed by atoms with Crippen molar-refractivity contribution in [2.75, 3.05) is 33.3 Å². The van der Waals surface area contributed by atoms with Crippen LogP contribution >= 0.6 is 22.9 Å². The molecule has 0 spiro atoms. The SMILES string of the molecule is COc1ccc(CCC(=O)N2CCN(C(=O)c3ccc(Cl)s3)CC2)cc1. The Morgan fingerprint density at radius 1 is 1.04 bits per heavy atom. The van der Waals surface area contributed by atoms with Gasteiger partial charge in [0, 0.05) is 32.6 Å². The molecule has 1 aromatic carbocycles. The van der Waals surface area contributed by atoms with Crippen LogP contribution < -0.4 is 4.74 Å². The largest absolute Gasteiger partial charge is 0.497 e. The van der Waals surface area contributed by atoms with Gasteiger partial charge in [0.15, 0.2) is 0 Å². The molecule has 7 heteroatoms. The molecule has 0 aliphatic carbocycles. The topological polar surface area (TPSA) is 49.9 Å². The van der Waals surface area contributed by atoms with Crippen LogP contribution in [0.25, 0.3) is 0 Å². The Balaban J connectivity index is 1.46. The average molecular weight is 393 g/mol. The Hall–Kier alpha value is -2.05. The second kappa shape index (κ2) is 8.56. The molecule has 0 unspecified atom stereocenters. The van der Waals surface area contributed by atoms with E-state index in [0.717, 1.165) is 11.3 Å². The number of halogens is 1. The average Bonchev–Trinajstić information content (AvgIpc) is 3.12. The first-order valence-corrected chi connectivity index (χ1v) is 9.71. The molecule has 26 heavy (non-hydrogen) atoms. The van der Waals surface area contributed by atoms with Crippen LogP contribution in [0.3, 0.4) is 0 Å². The Kier molecular flexibility index (Phi) is 6.16. The number of hydrogen-bond acceptors (Lipinski definition) is 4. The minimum Gasteiger partial charge on any atom is -0.497 e. The number of methoxy groups -OCH3 is 1. The van der Waals surface area contributed by atoms with Gasteiger partial charge in [-0.25, -0.2) is 0 Å². The Morgan fingerprint density at radius 2 is 1.69 bits per heavy atom. The summed E-state index contributed by atoms with van der Waals surface area (Å²) < 4.78 is 5.75. The molecule has 0 N–H and O–H groups in total.